The number of carbonyl (C=O) groups is 1. The maximum absolute atomic E-state index is 12.4. The van der Waals surface area contributed by atoms with Crippen molar-refractivity contribution in [3.8, 4) is 0 Å². The summed E-state index contributed by atoms with van der Waals surface area (Å²) in [5, 5.41) is 3.92. The average Bonchev–Trinajstić information content (AvgIpc) is 2.52. The lowest BCUT2D eigenvalue weighted by Crippen LogP contribution is -2.13. The van der Waals surface area contributed by atoms with Crippen LogP contribution in [0, 0.1) is 6.92 Å². The fraction of sp³-hybridized carbons (Fsp3) is 0.0625. The lowest BCUT2D eigenvalue weighted by atomic mass is 10.1. The van der Waals surface area contributed by atoms with E-state index < -0.39 is 0 Å². The second kappa shape index (κ2) is 6.02. The Labute approximate surface area is 140 Å². The molecule has 1 N–H and O–H groups in total. The van der Waals surface area contributed by atoms with Gasteiger partial charge in [0, 0.05) is 22.3 Å². The summed E-state index contributed by atoms with van der Waals surface area (Å²) >= 11 is 9.28. The maximum Gasteiger partial charge on any atom is 0.258 e. The second-order valence-corrected chi connectivity index (χ2v) is 6.05. The highest BCUT2D eigenvalue weighted by molar-refractivity contribution is 9.10. The van der Waals surface area contributed by atoms with Crippen molar-refractivity contribution < 1.29 is 4.79 Å². The molecule has 0 radical (unpaired) electrons. The molecule has 2 heterocycles. The average molecular weight is 377 g/mol. The Kier molecular flexibility index (Phi) is 4.09. The Morgan fingerprint density at radius 3 is 2.91 bits per heavy atom. The van der Waals surface area contributed by atoms with Gasteiger partial charge in [-0.1, -0.05) is 17.7 Å². The Hall–Kier alpha value is -1.98. The summed E-state index contributed by atoms with van der Waals surface area (Å²) in [5.74, 6) is -0.312. The summed E-state index contributed by atoms with van der Waals surface area (Å²) < 4.78 is 0.692. The normalized spacial score (nSPS) is 10.7. The standard InChI is InChI=1S/C16H11BrClN3O/c1-9-4-5-13(11-3-2-6-19-14(9)11)21-16(22)12-7-10(17)8-20-15(12)18/h2-8H,1H3,(H,21,22). The van der Waals surface area contributed by atoms with E-state index in [1.807, 2.05) is 31.2 Å². The van der Waals surface area contributed by atoms with Gasteiger partial charge in [-0.05, 0) is 52.7 Å². The monoisotopic (exact) mass is 375 g/mol. The molecule has 3 rings (SSSR count). The largest absolute Gasteiger partial charge is 0.321 e. The van der Waals surface area contributed by atoms with Gasteiger partial charge in [0.25, 0.3) is 5.91 Å². The highest BCUT2D eigenvalue weighted by atomic mass is 79.9. The van der Waals surface area contributed by atoms with E-state index in [1.54, 1.807) is 18.5 Å². The molecule has 0 fully saturated rings. The predicted molar refractivity (Wildman–Crippen MR) is 91.4 cm³/mol. The van der Waals surface area contributed by atoms with Crippen LogP contribution in [0.3, 0.4) is 0 Å². The van der Waals surface area contributed by atoms with E-state index in [0.717, 1.165) is 16.5 Å². The van der Waals surface area contributed by atoms with E-state index in [2.05, 4.69) is 31.2 Å². The smallest absolute Gasteiger partial charge is 0.258 e. The van der Waals surface area contributed by atoms with E-state index in [9.17, 15) is 4.79 Å². The number of pyridine rings is 2. The molecule has 4 nitrogen and oxygen atoms in total. The number of nitrogens with zero attached hydrogens (tertiary/aromatic N) is 2. The fourth-order valence-electron chi connectivity index (χ4n) is 2.19. The number of hydrogen-bond donors (Lipinski definition) is 1. The molecule has 2 aromatic heterocycles. The van der Waals surface area contributed by atoms with E-state index in [1.165, 1.54) is 0 Å². The van der Waals surface area contributed by atoms with Crippen molar-refractivity contribution in [2.24, 2.45) is 0 Å². The Morgan fingerprint density at radius 1 is 1.27 bits per heavy atom. The lowest BCUT2D eigenvalue weighted by Gasteiger charge is -2.10. The van der Waals surface area contributed by atoms with E-state index >= 15 is 0 Å². The fourth-order valence-corrected chi connectivity index (χ4v) is 2.71. The third-order valence-corrected chi connectivity index (χ3v) is 4.00. The van der Waals surface area contributed by atoms with Crippen LogP contribution in [0.5, 0.6) is 0 Å². The zero-order valence-electron chi connectivity index (χ0n) is 11.6. The van der Waals surface area contributed by atoms with Crippen LogP contribution in [0.2, 0.25) is 5.15 Å². The molecule has 0 saturated carbocycles. The van der Waals surface area contributed by atoms with Crippen molar-refractivity contribution in [3.63, 3.8) is 0 Å². The van der Waals surface area contributed by atoms with E-state index in [0.29, 0.717) is 15.7 Å². The molecule has 0 aliphatic carbocycles. The molecule has 1 aromatic carbocycles. The number of aromatic nitrogens is 2. The molecule has 110 valence electrons. The first kappa shape index (κ1) is 14.9. The number of hydrogen-bond acceptors (Lipinski definition) is 3. The minimum absolute atomic E-state index is 0.162. The maximum atomic E-state index is 12.4. The van der Waals surface area contributed by atoms with Crippen molar-refractivity contribution in [3.05, 3.63) is 63.5 Å². The minimum atomic E-state index is -0.312. The summed E-state index contributed by atoms with van der Waals surface area (Å²) in [7, 11) is 0. The third kappa shape index (κ3) is 2.82. The zero-order chi connectivity index (χ0) is 15.7. The van der Waals surface area contributed by atoms with Gasteiger partial charge in [-0.2, -0.15) is 0 Å². The first-order valence-corrected chi connectivity index (χ1v) is 7.70. The van der Waals surface area contributed by atoms with Gasteiger partial charge in [0.05, 0.1) is 16.8 Å². The van der Waals surface area contributed by atoms with E-state index in [-0.39, 0.29) is 11.1 Å². The molecule has 22 heavy (non-hydrogen) atoms. The molecule has 6 heteroatoms. The van der Waals surface area contributed by atoms with Gasteiger partial charge in [0.2, 0.25) is 0 Å². The Morgan fingerprint density at radius 2 is 2.09 bits per heavy atom. The van der Waals surface area contributed by atoms with Crippen LogP contribution >= 0.6 is 27.5 Å². The molecule has 0 spiro atoms. The van der Waals surface area contributed by atoms with Crippen LogP contribution in [0.1, 0.15) is 15.9 Å². The number of nitrogens with one attached hydrogen (secondary N) is 1. The third-order valence-electron chi connectivity index (χ3n) is 3.27. The Bertz CT molecular complexity index is 882. The van der Waals surface area contributed by atoms with Gasteiger partial charge in [-0.25, -0.2) is 4.98 Å². The van der Waals surface area contributed by atoms with Crippen LogP contribution in [-0.4, -0.2) is 15.9 Å². The van der Waals surface area contributed by atoms with Crippen LogP contribution in [0.15, 0.2) is 47.2 Å². The van der Waals surface area contributed by atoms with Crippen molar-refractivity contribution >= 4 is 50.0 Å². The summed E-state index contributed by atoms with van der Waals surface area (Å²) in [4.78, 5) is 20.8. The highest BCUT2D eigenvalue weighted by Crippen LogP contribution is 2.26. The van der Waals surface area contributed by atoms with Gasteiger partial charge >= 0.3 is 0 Å². The summed E-state index contributed by atoms with van der Waals surface area (Å²) in [6.07, 6.45) is 3.28. The van der Waals surface area contributed by atoms with Crippen molar-refractivity contribution in [2.45, 2.75) is 6.92 Å². The van der Waals surface area contributed by atoms with Gasteiger partial charge < -0.3 is 5.32 Å². The number of aryl methyl sites for hydroxylation is 1. The SMILES string of the molecule is Cc1ccc(NC(=O)c2cc(Br)cnc2Cl)c2cccnc12. The number of carbonyl (C=O) groups excluding carboxylic acids is 1. The van der Waals surface area contributed by atoms with Crippen molar-refractivity contribution in [1.82, 2.24) is 9.97 Å². The number of anilines is 1. The minimum Gasteiger partial charge on any atom is -0.321 e. The van der Waals surface area contributed by atoms with Crippen molar-refractivity contribution in [1.29, 1.82) is 0 Å². The molecular formula is C16H11BrClN3O. The molecular weight excluding hydrogens is 366 g/mol. The lowest BCUT2D eigenvalue weighted by molar-refractivity contribution is 0.102. The molecule has 0 aliphatic rings. The molecule has 0 atom stereocenters. The zero-order valence-corrected chi connectivity index (χ0v) is 13.9. The predicted octanol–water partition coefficient (Wildman–Crippen LogP) is 4.61. The molecule has 0 unspecified atom stereocenters. The molecule has 1 amide bonds. The number of rotatable bonds is 2. The molecule has 0 aliphatic heterocycles. The van der Waals surface area contributed by atoms with Gasteiger partial charge in [0.15, 0.2) is 0 Å². The van der Waals surface area contributed by atoms with Gasteiger partial charge in [0.1, 0.15) is 5.15 Å². The number of halogens is 2. The summed E-state index contributed by atoms with van der Waals surface area (Å²) in [6.45, 7) is 1.98. The van der Waals surface area contributed by atoms with E-state index in [4.69, 9.17) is 11.6 Å². The topological polar surface area (TPSA) is 54.9 Å². The van der Waals surface area contributed by atoms with Crippen LogP contribution < -0.4 is 5.32 Å². The first-order valence-electron chi connectivity index (χ1n) is 6.53. The number of benzene rings is 1. The summed E-state index contributed by atoms with van der Waals surface area (Å²) in [6, 6.07) is 9.18. The quantitative estimate of drug-likeness (QED) is 0.665. The first-order chi connectivity index (χ1) is 10.6. The van der Waals surface area contributed by atoms with Gasteiger partial charge in [-0.15, -0.1) is 0 Å². The van der Waals surface area contributed by atoms with Crippen molar-refractivity contribution in [2.75, 3.05) is 5.32 Å². The second-order valence-electron chi connectivity index (χ2n) is 4.78. The molecule has 3 aromatic rings. The van der Waals surface area contributed by atoms with Crippen LogP contribution in [0.4, 0.5) is 5.69 Å². The van der Waals surface area contributed by atoms with Crippen LogP contribution in [-0.2, 0) is 0 Å². The number of fused-ring (bicyclic) bond motifs is 1. The molecule has 0 bridgehead atoms. The Balaban J connectivity index is 2.02. The molecule has 0 saturated heterocycles. The van der Waals surface area contributed by atoms with Crippen LogP contribution in [0.25, 0.3) is 10.9 Å². The highest BCUT2D eigenvalue weighted by Gasteiger charge is 2.14. The summed E-state index contributed by atoms with van der Waals surface area (Å²) in [5.41, 5.74) is 2.91. The van der Waals surface area contributed by atoms with Gasteiger partial charge in [-0.3, -0.25) is 9.78 Å². The number of amides is 1.